The number of fused-ring (bicyclic) bond motifs is 6. The zero-order chi connectivity index (χ0) is 53.0. The molecular weight excluding hydrogens is 1130 g/mol. The Morgan fingerprint density at radius 3 is 0.854 bits per heavy atom. The summed E-state index contributed by atoms with van der Waals surface area (Å²) >= 11 is 1.36. The van der Waals surface area contributed by atoms with E-state index in [9.17, 15) is 0 Å². The minimum absolute atomic E-state index is 0. The average Bonchev–Trinajstić information content (AvgIpc) is 3.21. The molecule has 0 saturated carbocycles. The molecule has 2 atom stereocenters. The third-order valence-electron chi connectivity index (χ3n) is 16.0. The van der Waals surface area contributed by atoms with Gasteiger partial charge in [-0.15, -0.1) is 69.6 Å². The van der Waals surface area contributed by atoms with Crippen LogP contribution in [0.5, 0.6) is 0 Å². The summed E-state index contributed by atoms with van der Waals surface area (Å²) in [7, 11) is 0. The molecule has 2 radical (unpaired) electrons. The number of rotatable bonds is 10. The van der Waals surface area contributed by atoms with Gasteiger partial charge in [-0.05, 0) is 90.0 Å². The topological polar surface area (TPSA) is 0 Å². The number of hydrogen-bond acceptors (Lipinski definition) is 0. The fraction of sp³-hybridized carbons (Fsp3) is 0.0769. The molecule has 0 spiro atoms. The summed E-state index contributed by atoms with van der Waals surface area (Å²) in [6.45, 7) is 7.74. The van der Waals surface area contributed by atoms with Gasteiger partial charge in [-0.25, -0.2) is 0 Å². The predicted octanol–water partition coefficient (Wildman–Crippen LogP) is 22.5. The molecule has 0 aliphatic carbocycles. The fourth-order valence-electron chi connectivity index (χ4n) is 12.2. The molecule has 0 fully saturated rings. The number of benzene rings is 12. The van der Waals surface area contributed by atoms with Gasteiger partial charge < -0.3 is 14.9 Å². The van der Waals surface area contributed by atoms with Gasteiger partial charge >= 0.3 is 30.2 Å². The average molecular weight is 1190 g/mol. The van der Waals surface area contributed by atoms with Crippen LogP contribution in [0.3, 0.4) is 0 Å². The second-order valence-electron chi connectivity index (χ2n) is 20.8. The van der Waals surface area contributed by atoms with Gasteiger partial charge in [-0.3, -0.25) is 0 Å². The minimum atomic E-state index is 0. The van der Waals surface area contributed by atoms with Crippen LogP contribution < -0.4 is 0 Å². The van der Waals surface area contributed by atoms with E-state index in [0.29, 0.717) is 11.8 Å². The molecule has 4 heteroatoms. The molecule has 0 amide bonds. The van der Waals surface area contributed by atoms with Crippen LogP contribution in [-0.2, 0) is 36.2 Å². The second kappa shape index (κ2) is 27.6. The first-order valence-electron chi connectivity index (χ1n) is 27.2. The molecule has 0 aromatic heterocycles. The van der Waals surface area contributed by atoms with Crippen LogP contribution in [0, 0.1) is 14.9 Å². The van der Waals surface area contributed by atoms with Gasteiger partial charge in [0.15, 0.2) is 0 Å². The van der Waals surface area contributed by atoms with E-state index in [-0.39, 0.29) is 39.7 Å². The monoisotopic (exact) mass is 1190 g/mol. The Labute approximate surface area is 514 Å². The van der Waals surface area contributed by atoms with E-state index in [1.54, 1.807) is 0 Å². The number of halogens is 2. The summed E-state index contributed by atoms with van der Waals surface area (Å²) in [6.07, 6.45) is 2.03. The molecule has 0 N–H and O–H groups in total. The predicted molar refractivity (Wildman–Crippen MR) is 361 cm³/mol. The van der Waals surface area contributed by atoms with Gasteiger partial charge in [-0.1, -0.05) is 302 Å². The Balaban J connectivity index is 0.000000199. The Morgan fingerprint density at radius 1 is 0.293 bits per heavy atom. The van der Waals surface area contributed by atoms with E-state index < -0.39 is 0 Å². The summed E-state index contributed by atoms with van der Waals surface area (Å²) in [4.78, 5) is 0. The maximum absolute atomic E-state index is 3.06. The van der Waals surface area contributed by atoms with Gasteiger partial charge in [0, 0.05) is 0 Å². The van der Waals surface area contributed by atoms with Crippen molar-refractivity contribution in [3.8, 4) is 44.5 Å². The summed E-state index contributed by atoms with van der Waals surface area (Å²) in [5.41, 5.74) is 16.0. The van der Waals surface area contributed by atoms with Crippen molar-refractivity contribution in [3.63, 3.8) is 0 Å². The number of hydrogen-bond donors (Lipinski definition) is 0. The van der Waals surface area contributed by atoms with Gasteiger partial charge in [0.05, 0.1) is 0 Å². The van der Waals surface area contributed by atoms with E-state index in [0.717, 1.165) is 12.8 Å². The maximum atomic E-state index is 3.06. The standard InChI is InChI=1S/2C38H29.2CH3.2ClH.Si.Zr/c2*1-26(28-11-3-2-4-12-28)23-27-24-37-35(33-19-9-15-29-13-5-7-17-31(29)33)21-22-36(38(37)25-27)34-20-10-16-30-14-6-8-18-32(30)34;;;;;;/h2*2-22,24-26H,23H2,1H3;2*1H3;2*1H;;/q4*-1;;;;. The molecule has 82 heavy (non-hydrogen) atoms. The van der Waals surface area contributed by atoms with E-state index >= 15 is 0 Å². The molecule has 0 heterocycles. The zero-order valence-corrected chi connectivity index (χ0v) is 52.0. The Bertz CT molecular complexity index is 3880. The fourth-order valence-corrected chi connectivity index (χ4v) is 12.2. The van der Waals surface area contributed by atoms with Gasteiger partial charge in [0.2, 0.25) is 0 Å². The third-order valence-corrected chi connectivity index (χ3v) is 16.0. The Hall–Kier alpha value is -7.42. The SMILES string of the molecule is CC(Cc1cc2c(-c3cccc4ccccc34)ccc(-c3cccc4ccccc34)c2[cH-]1)c1ccccc1.CC(Cc1cc2c(-c3cccc4ccccc34)ccc(-c3cccc4ccccc34)c2[cH-]1)c1ccccc1.Cl.Cl.[CH3-].[CH3-].[Si]=[Zr]. The molecular formula is C78H66Cl2SiZr-4. The van der Waals surface area contributed by atoms with Crippen LogP contribution in [0.4, 0.5) is 0 Å². The van der Waals surface area contributed by atoms with Crippen molar-refractivity contribution in [1.82, 2.24) is 0 Å². The second-order valence-corrected chi connectivity index (χ2v) is 20.8. The van der Waals surface area contributed by atoms with Crippen molar-refractivity contribution in [2.45, 2.75) is 38.5 Å². The summed E-state index contributed by atoms with van der Waals surface area (Å²) in [5.74, 6) is 0.907. The van der Waals surface area contributed by atoms with Crippen molar-refractivity contribution in [1.29, 1.82) is 0 Å². The quantitative estimate of drug-likeness (QED) is 0.0946. The van der Waals surface area contributed by atoms with Crippen LogP contribution >= 0.6 is 24.8 Å². The van der Waals surface area contributed by atoms with Gasteiger partial charge in [-0.2, -0.15) is 12.1 Å². The van der Waals surface area contributed by atoms with E-state index in [1.807, 2.05) is 0 Å². The first-order valence-corrected chi connectivity index (χ1v) is 31.4. The molecule has 14 aromatic rings. The van der Waals surface area contributed by atoms with Crippen molar-refractivity contribution >= 4 is 96.3 Å². The van der Waals surface area contributed by atoms with Crippen molar-refractivity contribution in [2.75, 3.05) is 0 Å². The van der Waals surface area contributed by atoms with E-state index in [1.165, 1.54) is 155 Å². The Kier molecular flexibility index (Phi) is 20.4. The summed E-state index contributed by atoms with van der Waals surface area (Å²) < 4.78 is 0. The Morgan fingerprint density at radius 2 is 0.537 bits per heavy atom. The molecule has 14 rings (SSSR count). The van der Waals surface area contributed by atoms with Crippen LogP contribution in [0.15, 0.2) is 279 Å². The van der Waals surface area contributed by atoms with E-state index in [2.05, 4.69) is 300 Å². The van der Waals surface area contributed by atoms with Crippen LogP contribution in [-0.4, -0.2) is 6.88 Å². The van der Waals surface area contributed by atoms with Crippen molar-refractivity contribution < 1.29 is 23.3 Å². The summed E-state index contributed by atoms with van der Waals surface area (Å²) in [5, 5.41) is 15.7. The molecule has 0 saturated heterocycles. The molecule has 2 unspecified atom stereocenters. The van der Waals surface area contributed by atoms with Crippen LogP contribution in [0.2, 0.25) is 0 Å². The zero-order valence-electron chi connectivity index (χ0n) is 46.9. The molecule has 14 aromatic carbocycles. The molecule has 0 nitrogen and oxygen atoms in total. The van der Waals surface area contributed by atoms with Crippen LogP contribution in [0.25, 0.3) is 109 Å². The van der Waals surface area contributed by atoms with Crippen molar-refractivity contribution in [3.05, 3.63) is 316 Å². The molecule has 0 bridgehead atoms. The normalized spacial score (nSPS) is 11.5. The molecule has 0 aliphatic heterocycles. The van der Waals surface area contributed by atoms with Crippen molar-refractivity contribution in [2.24, 2.45) is 0 Å². The van der Waals surface area contributed by atoms with Gasteiger partial charge in [0.25, 0.3) is 0 Å². The molecule has 404 valence electrons. The third kappa shape index (κ3) is 12.2. The van der Waals surface area contributed by atoms with E-state index in [4.69, 9.17) is 0 Å². The molecule has 0 aliphatic rings. The summed E-state index contributed by atoms with van der Waals surface area (Å²) in [6, 6.07) is 102. The first-order chi connectivity index (χ1) is 38.5. The van der Waals surface area contributed by atoms with Gasteiger partial charge in [0.1, 0.15) is 0 Å². The first kappa shape index (κ1) is 60.7. The van der Waals surface area contributed by atoms with Crippen LogP contribution in [0.1, 0.15) is 47.9 Å².